The smallest absolute Gasteiger partial charge is 0.147 e. The Bertz CT molecular complexity index is 404. The normalized spacial score (nSPS) is 27.8. The Kier molecular flexibility index (Phi) is 2.74. The molecule has 0 radical (unpaired) electrons. The summed E-state index contributed by atoms with van der Waals surface area (Å²) < 4.78 is 0. The van der Waals surface area contributed by atoms with Gasteiger partial charge in [-0.25, -0.2) is 4.98 Å². The zero-order valence-corrected chi connectivity index (χ0v) is 10.6. The number of rotatable bonds is 2. The number of nitrogens with zero attached hydrogens (tertiary/aromatic N) is 3. The van der Waals surface area contributed by atoms with Gasteiger partial charge in [-0.2, -0.15) is 0 Å². The average Bonchev–Trinajstić information content (AvgIpc) is 2.90. The summed E-state index contributed by atoms with van der Waals surface area (Å²) in [6.45, 7) is 7.72. The van der Waals surface area contributed by atoms with E-state index in [1.807, 2.05) is 12.4 Å². The Morgan fingerprint density at radius 1 is 1.35 bits per heavy atom. The molecule has 2 aliphatic rings. The molecule has 0 spiro atoms. The van der Waals surface area contributed by atoms with E-state index in [-0.39, 0.29) is 0 Å². The standard InChI is InChI=1S/C13H20N4/c1-9(2)11-6-15-8-13(16-11)17-4-3-10-5-14-7-12(10)17/h6,8-10,12,14H,3-5,7H2,1-2H3/t10-,12+/m0/s1. The van der Waals surface area contributed by atoms with Crippen molar-refractivity contribution in [3.8, 4) is 0 Å². The van der Waals surface area contributed by atoms with Gasteiger partial charge in [-0.1, -0.05) is 13.8 Å². The van der Waals surface area contributed by atoms with Crippen LogP contribution in [0.3, 0.4) is 0 Å². The molecule has 92 valence electrons. The summed E-state index contributed by atoms with van der Waals surface area (Å²) in [5.74, 6) is 2.31. The van der Waals surface area contributed by atoms with Crippen LogP contribution in [0.1, 0.15) is 31.9 Å². The average molecular weight is 232 g/mol. The number of fused-ring (bicyclic) bond motifs is 1. The zero-order chi connectivity index (χ0) is 11.8. The molecule has 3 heterocycles. The van der Waals surface area contributed by atoms with Crippen LogP contribution in [-0.4, -0.2) is 35.6 Å². The van der Waals surface area contributed by atoms with Crippen LogP contribution in [0.15, 0.2) is 12.4 Å². The van der Waals surface area contributed by atoms with Crippen molar-refractivity contribution in [1.82, 2.24) is 15.3 Å². The second-order valence-electron chi connectivity index (χ2n) is 5.42. The summed E-state index contributed by atoms with van der Waals surface area (Å²) >= 11 is 0. The van der Waals surface area contributed by atoms with Crippen LogP contribution in [0.4, 0.5) is 5.82 Å². The predicted molar refractivity (Wildman–Crippen MR) is 68.2 cm³/mol. The Balaban J connectivity index is 1.86. The SMILES string of the molecule is CC(C)c1cncc(N2CC[C@H]3CNC[C@H]32)n1. The number of aromatic nitrogens is 2. The number of nitrogens with one attached hydrogen (secondary N) is 1. The first-order valence-electron chi connectivity index (χ1n) is 6.55. The molecule has 0 aliphatic carbocycles. The summed E-state index contributed by atoms with van der Waals surface area (Å²) in [5.41, 5.74) is 1.09. The van der Waals surface area contributed by atoms with Crippen LogP contribution >= 0.6 is 0 Å². The molecule has 4 heteroatoms. The van der Waals surface area contributed by atoms with Crippen molar-refractivity contribution in [2.24, 2.45) is 5.92 Å². The molecule has 3 rings (SSSR count). The molecule has 1 aromatic heterocycles. The lowest BCUT2D eigenvalue weighted by Crippen LogP contribution is -2.34. The van der Waals surface area contributed by atoms with E-state index < -0.39 is 0 Å². The highest BCUT2D eigenvalue weighted by Gasteiger charge is 2.38. The highest BCUT2D eigenvalue weighted by molar-refractivity contribution is 5.41. The number of hydrogen-bond acceptors (Lipinski definition) is 4. The van der Waals surface area contributed by atoms with Crippen molar-refractivity contribution in [2.45, 2.75) is 32.2 Å². The van der Waals surface area contributed by atoms with E-state index in [4.69, 9.17) is 4.98 Å². The maximum atomic E-state index is 4.75. The minimum Gasteiger partial charge on any atom is -0.351 e. The van der Waals surface area contributed by atoms with Crippen LogP contribution in [-0.2, 0) is 0 Å². The molecule has 0 saturated carbocycles. The molecular weight excluding hydrogens is 212 g/mol. The predicted octanol–water partition coefficient (Wildman–Crippen LogP) is 1.40. The minimum absolute atomic E-state index is 0.447. The summed E-state index contributed by atoms with van der Waals surface area (Å²) in [4.78, 5) is 11.5. The van der Waals surface area contributed by atoms with Crippen LogP contribution in [0, 0.1) is 5.92 Å². The van der Waals surface area contributed by atoms with Gasteiger partial charge >= 0.3 is 0 Å². The fourth-order valence-corrected chi connectivity index (χ4v) is 2.92. The quantitative estimate of drug-likeness (QED) is 0.837. The van der Waals surface area contributed by atoms with E-state index in [9.17, 15) is 0 Å². The highest BCUT2D eigenvalue weighted by Crippen LogP contribution is 2.30. The van der Waals surface area contributed by atoms with Gasteiger partial charge in [0.05, 0.1) is 11.9 Å². The monoisotopic (exact) mass is 232 g/mol. The van der Waals surface area contributed by atoms with Gasteiger partial charge in [0.25, 0.3) is 0 Å². The first kappa shape index (κ1) is 11.0. The molecule has 0 bridgehead atoms. The molecule has 2 saturated heterocycles. The fourth-order valence-electron chi connectivity index (χ4n) is 2.92. The van der Waals surface area contributed by atoms with Gasteiger partial charge in [-0.3, -0.25) is 4.98 Å². The molecule has 1 aromatic rings. The van der Waals surface area contributed by atoms with E-state index in [1.165, 1.54) is 13.0 Å². The van der Waals surface area contributed by atoms with Crippen molar-refractivity contribution in [2.75, 3.05) is 24.5 Å². The molecule has 0 unspecified atom stereocenters. The van der Waals surface area contributed by atoms with Crippen molar-refractivity contribution >= 4 is 5.82 Å². The Morgan fingerprint density at radius 3 is 3.06 bits per heavy atom. The number of hydrogen-bond donors (Lipinski definition) is 1. The van der Waals surface area contributed by atoms with Gasteiger partial charge in [-0.15, -0.1) is 0 Å². The van der Waals surface area contributed by atoms with Gasteiger partial charge in [0.15, 0.2) is 0 Å². The molecule has 0 aromatic carbocycles. The summed E-state index contributed by atoms with van der Waals surface area (Å²) in [5, 5.41) is 3.47. The molecule has 4 nitrogen and oxygen atoms in total. The molecular formula is C13H20N4. The third kappa shape index (κ3) is 1.90. The Morgan fingerprint density at radius 2 is 2.24 bits per heavy atom. The third-order valence-corrected chi connectivity index (χ3v) is 3.97. The van der Waals surface area contributed by atoms with E-state index in [0.717, 1.165) is 30.5 Å². The molecule has 0 amide bonds. The van der Waals surface area contributed by atoms with Gasteiger partial charge in [0.1, 0.15) is 5.82 Å². The Labute approximate surface area is 102 Å². The van der Waals surface area contributed by atoms with E-state index >= 15 is 0 Å². The van der Waals surface area contributed by atoms with Crippen LogP contribution in [0.5, 0.6) is 0 Å². The van der Waals surface area contributed by atoms with Gasteiger partial charge < -0.3 is 10.2 Å². The maximum absolute atomic E-state index is 4.75. The van der Waals surface area contributed by atoms with Crippen molar-refractivity contribution in [1.29, 1.82) is 0 Å². The lowest BCUT2D eigenvalue weighted by molar-refractivity contribution is 0.577. The summed E-state index contributed by atoms with van der Waals surface area (Å²) in [6.07, 6.45) is 5.08. The lowest BCUT2D eigenvalue weighted by atomic mass is 10.1. The van der Waals surface area contributed by atoms with Crippen molar-refractivity contribution < 1.29 is 0 Å². The molecule has 2 aliphatic heterocycles. The summed E-state index contributed by atoms with van der Waals surface area (Å²) in [6, 6.07) is 0.631. The largest absolute Gasteiger partial charge is 0.351 e. The minimum atomic E-state index is 0.447. The van der Waals surface area contributed by atoms with E-state index in [1.54, 1.807) is 0 Å². The summed E-state index contributed by atoms with van der Waals surface area (Å²) in [7, 11) is 0. The first-order chi connectivity index (χ1) is 8.25. The molecule has 2 fully saturated rings. The molecule has 1 N–H and O–H groups in total. The van der Waals surface area contributed by atoms with Crippen LogP contribution in [0.2, 0.25) is 0 Å². The van der Waals surface area contributed by atoms with E-state index in [0.29, 0.717) is 12.0 Å². The van der Waals surface area contributed by atoms with Gasteiger partial charge in [0.2, 0.25) is 0 Å². The first-order valence-corrected chi connectivity index (χ1v) is 6.55. The van der Waals surface area contributed by atoms with Gasteiger partial charge in [-0.05, 0) is 18.3 Å². The van der Waals surface area contributed by atoms with Gasteiger partial charge in [0, 0.05) is 31.9 Å². The van der Waals surface area contributed by atoms with Crippen molar-refractivity contribution in [3.05, 3.63) is 18.1 Å². The molecule has 2 atom stereocenters. The third-order valence-electron chi connectivity index (χ3n) is 3.97. The second kappa shape index (κ2) is 4.26. The molecule has 17 heavy (non-hydrogen) atoms. The van der Waals surface area contributed by atoms with Crippen LogP contribution in [0.25, 0.3) is 0 Å². The lowest BCUT2D eigenvalue weighted by Gasteiger charge is -2.24. The topological polar surface area (TPSA) is 41.1 Å². The second-order valence-corrected chi connectivity index (χ2v) is 5.42. The maximum Gasteiger partial charge on any atom is 0.147 e. The number of anilines is 1. The fraction of sp³-hybridized carbons (Fsp3) is 0.692. The Hall–Kier alpha value is -1.16. The van der Waals surface area contributed by atoms with Crippen molar-refractivity contribution in [3.63, 3.8) is 0 Å². The highest BCUT2D eigenvalue weighted by atomic mass is 15.3. The van der Waals surface area contributed by atoms with Crippen LogP contribution < -0.4 is 10.2 Å². The zero-order valence-electron chi connectivity index (χ0n) is 10.6. The van der Waals surface area contributed by atoms with E-state index in [2.05, 4.69) is 29.0 Å².